The van der Waals surface area contributed by atoms with Gasteiger partial charge < -0.3 is 28.8 Å². The van der Waals surface area contributed by atoms with Crippen LogP contribution in [0.3, 0.4) is 0 Å². The van der Waals surface area contributed by atoms with Gasteiger partial charge >= 0.3 is 23.9 Å². The Morgan fingerprint density at radius 1 is 0.742 bits per heavy atom. The molecule has 1 fully saturated rings. The third-order valence-corrected chi connectivity index (χ3v) is 10.7. The van der Waals surface area contributed by atoms with Gasteiger partial charge in [-0.3, -0.25) is 4.79 Å². The van der Waals surface area contributed by atoms with Gasteiger partial charge in [-0.05, 0) is 78.8 Å². The number of carbonyl (C=O) groups excluding carboxylic acids is 3. The third-order valence-electron chi connectivity index (χ3n) is 10.7. The Morgan fingerprint density at radius 2 is 1.30 bits per heavy atom. The highest BCUT2D eigenvalue weighted by Gasteiger charge is 2.44. The van der Waals surface area contributed by atoms with Gasteiger partial charge in [0.25, 0.3) is 0 Å². The molecule has 0 spiro atoms. The Labute approximate surface area is 384 Å². The van der Waals surface area contributed by atoms with Crippen LogP contribution in [-0.2, 0) is 43.1 Å². The molecule has 1 N–H and O–H groups in total. The molecule has 0 radical (unpaired) electrons. The van der Waals surface area contributed by atoms with Crippen molar-refractivity contribution in [2.75, 3.05) is 13.2 Å². The zero-order valence-corrected chi connectivity index (χ0v) is 37.3. The fourth-order valence-electron chi connectivity index (χ4n) is 7.33. The van der Waals surface area contributed by atoms with Crippen LogP contribution in [0.4, 0.5) is 4.39 Å². The van der Waals surface area contributed by atoms with Gasteiger partial charge in [0.2, 0.25) is 12.2 Å². The monoisotopic (exact) mass is 898 g/mol. The van der Waals surface area contributed by atoms with E-state index in [0.717, 1.165) is 34.4 Å². The standard InChI is InChI=1S/C46H49FN2O8.C7H6O2/c1-4-53-40(50)22-14-17-32-23-25-33(26-24-32)27-37-43(31(2)3)48-49(29-34-15-8-5-9-16-34)44(37)57-41-28-38(56-46(52)36-20-12-7-13-21-36)42(47)39(55-41)30-54-45(51)35-18-10-6-11-19-35;8-7(9)6-4-2-1-3-5-6/h5-13,15-16,18-21,23-26,31,38-39,41-42H,4,14,17,22,27-30H2,1-3H3;1-5H,(H,8,9)/t38-,39-,41+,42+;/m1./s1. The summed E-state index contributed by atoms with van der Waals surface area (Å²) in [6.45, 7) is 6.25. The molecule has 344 valence electrons. The maximum atomic E-state index is 16.3. The minimum Gasteiger partial charge on any atom is -0.478 e. The van der Waals surface area contributed by atoms with Crippen molar-refractivity contribution in [3.8, 4) is 5.88 Å². The van der Waals surface area contributed by atoms with Crippen molar-refractivity contribution < 1.29 is 52.4 Å². The predicted octanol–water partition coefficient (Wildman–Crippen LogP) is 9.83. The summed E-state index contributed by atoms with van der Waals surface area (Å²) in [4.78, 5) is 48.1. The molecule has 4 atom stereocenters. The maximum absolute atomic E-state index is 16.3. The summed E-state index contributed by atoms with van der Waals surface area (Å²) in [7, 11) is 0. The van der Waals surface area contributed by atoms with E-state index in [-0.39, 0.29) is 23.9 Å². The van der Waals surface area contributed by atoms with E-state index in [1.165, 1.54) is 0 Å². The summed E-state index contributed by atoms with van der Waals surface area (Å²) < 4.78 is 47.4. The highest BCUT2D eigenvalue weighted by Crippen LogP contribution is 2.35. The first-order chi connectivity index (χ1) is 32.0. The molecule has 2 heterocycles. The lowest BCUT2D eigenvalue weighted by Gasteiger charge is -2.37. The van der Waals surface area contributed by atoms with Crippen molar-refractivity contribution in [3.05, 3.63) is 190 Å². The molecule has 1 aromatic heterocycles. The average Bonchev–Trinajstić information content (AvgIpc) is 3.66. The van der Waals surface area contributed by atoms with Gasteiger partial charge in [0, 0.05) is 18.4 Å². The van der Waals surface area contributed by atoms with Gasteiger partial charge in [-0.1, -0.05) is 123 Å². The summed E-state index contributed by atoms with van der Waals surface area (Å²) in [5, 5.41) is 13.4. The zero-order chi connectivity index (χ0) is 46.8. The fourth-order valence-corrected chi connectivity index (χ4v) is 7.33. The molecule has 0 aliphatic carbocycles. The second-order valence-electron chi connectivity index (χ2n) is 16.0. The molecule has 0 saturated carbocycles. The molecule has 12 nitrogen and oxygen atoms in total. The van der Waals surface area contributed by atoms with Crippen LogP contribution in [0.1, 0.15) is 105 Å². The van der Waals surface area contributed by atoms with Crippen LogP contribution in [0.2, 0.25) is 0 Å². The molecule has 5 aromatic carbocycles. The number of alkyl halides is 1. The molecular formula is C53H55FN2O10. The lowest BCUT2D eigenvalue weighted by molar-refractivity contribution is -0.216. The molecule has 0 amide bonds. The number of aryl methyl sites for hydroxylation is 1. The van der Waals surface area contributed by atoms with Gasteiger partial charge in [-0.25, -0.2) is 23.5 Å². The number of halogens is 1. The van der Waals surface area contributed by atoms with E-state index < -0.39 is 49.2 Å². The highest BCUT2D eigenvalue weighted by atomic mass is 19.1. The summed E-state index contributed by atoms with van der Waals surface area (Å²) in [6, 6.07) is 43.2. The van der Waals surface area contributed by atoms with Gasteiger partial charge in [0.05, 0.1) is 42.0 Å². The lowest BCUT2D eigenvalue weighted by Crippen LogP contribution is -2.51. The quantitative estimate of drug-likeness (QED) is 0.0648. The van der Waals surface area contributed by atoms with E-state index in [1.807, 2.05) is 30.3 Å². The summed E-state index contributed by atoms with van der Waals surface area (Å²) in [5.74, 6) is -1.94. The normalized spacial score (nSPS) is 16.6. The molecule has 66 heavy (non-hydrogen) atoms. The van der Waals surface area contributed by atoms with Gasteiger partial charge in [-0.15, -0.1) is 0 Å². The predicted molar refractivity (Wildman–Crippen MR) is 245 cm³/mol. The first-order valence-corrected chi connectivity index (χ1v) is 22.1. The minimum absolute atomic E-state index is 0.0220. The Kier molecular flexibility index (Phi) is 17.8. The summed E-state index contributed by atoms with van der Waals surface area (Å²) in [5.41, 5.74) is 5.70. The number of esters is 3. The van der Waals surface area contributed by atoms with Crippen LogP contribution in [0.15, 0.2) is 146 Å². The number of aromatic carboxylic acids is 1. The van der Waals surface area contributed by atoms with Crippen LogP contribution >= 0.6 is 0 Å². The number of carbonyl (C=O) groups is 4. The van der Waals surface area contributed by atoms with Crippen molar-refractivity contribution in [2.24, 2.45) is 0 Å². The number of benzene rings is 5. The number of ether oxygens (including phenoxy) is 5. The Hall–Kier alpha value is -7.12. The van der Waals surface area contributed by atoms with Gasteiger partial charge in [0.15, 0.2) is 6.17 Å². The Morgan fingerprint density at radius 3 is 1.86 bits per heavy atom. The average molecular weight is 899 g/mol. The molecular weight excluding hydrogens is 844 g/mol. The summed E-state index contributed by atoms with van der Waals surface area (Å²) >= 11 is 0. The van der Waals surface area contributed by atoms with E-state index in [2.05, 4.69) is 38.1 Å². The first kappa shape index (κ1) is 48.3. The molecule has 13 heteroatoms. The van der Waals surface area contributed by atoms with E-state index >= 15 is 4.39 Å². The molecule has 0 unspecified atom stereocenters. The van der Waals surface area contributed by atoms with Crippen molar-refractivity contribution in [2.45, 2.75) is 90.0 Å². The summed E-state index contributed by atoms with van der Waals surface area (Å²) in [6.07, 6.45) is -3.36. The highest BCUT2D eigenvalue weighted by molar-refractivity contribution is 5.90. The van der Waals surface area contributed by atoms with Crippen LogP contribution in [0.25, 0.3) is 0 Å². The van der Waals surface area contributed by atoms with Crippen LogP contribution < -0.4 is 4.74 Å². The maximum Gasteiger partial charge on any atom is 0.338 e. The van der Waals surface area contributed by atoms with Crippen molar-refractivity contribution in [3.63, 3.8) is 0 Å². The van der Waals surface area contributed by atoms with E-state index in [9.17, 15) is 19.2 Å². The third kappa shape index (κ3) is 13.9. The number of hydrogen-bond acceptors (Lipinski definition) is 10. The fraction of sp³-hybridized carbons (Fsp3) is 0.302. The van der Waals surface area contributed by atoms with Crippen molar-refractivity contribution in [1.29, 1.82) is 0 Å². The molecule has 1 aliphatic rings. The number of carboxylic acids is 1. The number of aromatic nitrogens is 2. The molecule has 1 saturated heterocycles. The topological polar surface area (TPSA) is 152 Å². The number of hydrogen-bond donors (Lipinski definition) is 1. The van der Waals surface area contributed by atoms with Gasteiger partial charge in [0.1, 0.15) is 18.8 Å². The van der Waals surface area contributed by atoms with Crippen molar-refractivity contribution >= 4 is 23.9 Å². The number of carboxylic acid groups (broad SMARTS) is 1. The van der Waals surface area contributed by atoms with Gasteiger partial charge in [-0.2, -0.15) is 5.10 Å². The molecule has 1 aliphatic heterocycles. The number of rotatable bonds is 18. The van der Waals surface area contributed by atoms with E-state index in [0.29, 0.717) is 49.4 Å². The molecule has 7 rings (SSSR count). The van der Waals surface area contributed by atoms with E-state index in [1.54, 1.807) is 103 Å². The first-order valence-electron chi connectivity index (χ1n) is 22.1. The van der Waals surface area contributed by atoms with Crippen LogP contribution in [-0.4, -0.2) is 76.6 Å². The van der Waals surface area contributed by atoms with Crippen molar-refractivity contribution in [1.82, 2.24) is 9.78 Å². The second kappa shape index (κ2) is 24.2. The Bertz CT molecular complexity index is 2460. The lowest BCUT2D eigenvalue weighted by atomic mass is 9.98. The Balaban J connectivity index is 0.000000715. The largest absolute Gasteiger partial charge is 0.478 e. The van der Waals surface area contributed by atoms with Crippen LogP contribution in [0, 0.1) is 0 Å². The number of nitrogens with zero attached hydrogens (tertiary/aromatic N) is 2. The molecule has 6 aromatic rings. The minimum atomic E-state index is -1.82. The second-order valence-corrected chi connectivity index (χ2v) is 16.0. The SMILES string of the molecule is CCOC(=O)CCCc1ccc(Cc2c(C(C)C)nn(Cc3ccccc3)c2O[C@H]2C[C@@H](OC(=O)c3ccccc3)[C@H](F)[C@@H](COC(=O)c3ccccc3)O2)cc1.O=C(O)c1ccccc1. The smallest absolute Gasteiger partial charge is 0.338 e. The zero-order valence-electron chi connectivity index (χ0n) is 37.3. The van der Waals surface area contributed by atoms with E-state index in [4.69, 9.17) is 33.9 Å². The van der Waals surface area contributed by atoms with Crippen LogP contribution in [0.5, 0.6) is 5.88 Å². The molecule has 0 bridgehead atoms.